The number of aryl methyl sites for hydroxylation is 2. The Morgan fingerprint density at radius 1 is 0.435 bits per heavy atom. The molecule has 0 aliphatic heterocycles. The average Bonchev–Trinajstić information content (AvgIpc) is 3.10. The Morgan fingerprint density at radius 2 is 0.696 bits per heavy atom. The van der Waals surface area contributed by atoms with Crippen molar-refractivity contribution < 1.29 is 9.47 Å². The Bertz CT molecular complexity index is 1730. The summed E-state index contributed by atoms with van der Waals surface area (Å²) in [7, 11) is 1.30. The van der Waals surface area contributed by atoms with Gasteiger partial charge in [0, 0.05) is 11.1 Å². The van der Waals surface area contributed by atoms with Crippen molar-refractivity contribution in [3.63, 3.8) is 0 Å². The Morgan fingerprint density at radius 3 is 0.935 bits per heavy atom. The molecule has 0 unspecified atom stereocenters. The molecule has 0 N–H and O–H groups in total. The Kier molecular flexibility index (Phi) is 10.1. The van der Waals surface area contributed by atoms with E-state index in [0.29, 0.717) is 21.5 Å². The van der Waals surface area contributed by atoms with Crippen LogP contribution in [0.15, 0.2) is 133 Å². The van der Waals surface area contributed by atoms with Crippen molar-refractivity contribution in [2.45, 2.75) is 13.8 Å². The summed E-state index contributed by atoms with van der Waals surface area (Å²) >= 11 is 14.3. The molecule has 2 nitrogen and oxygen atoms in total. The van der Waals surface area contributed by atoms with Crippen LogP contribution < -0.4 is 41.3 Å². The van der Waals surface area contributed by atoms with Crippen LogP contribution in [-0.4, -0.2) is 14.2 Å². The first-order valence-corrected chi connectivity index (χ1v) is 18.4. The summed E-state index contributed by atoms with van der Waals surface area (Å²) in [4.78, 5) is 0. The quantitative estimate of drug-likeness (QED) is 0.142. The molecule has 6 rings (SSSR count). The standard InChI is InChI=1S/C40H34Cl2O2P2/c1-27-25-33(45(29-17-9-5-10-18-29)30-19-11-6-12-20-30)35(39(43-3)37(27)41)36-34(26-28(2)38(42)40(36)44-4)46(31-21-13-7-14-22-31)32-23-15-8-16-24-32/h5-26H,1-4H3. The fourth-order valence-corrected chi connectivity index (χ4v) is 11.4. The van der Waals surface area contributed by atoms with E-state index in [-0.39, 0.29) is 0 Å². The summed E-state index contributed by atoms with van der Waals surface area (Å²) in [5, 5.41) is 8.29. The van der Waals surface area contributed by atoms with Crippen molar-refractivity contribution in [1.82, 2.24) is 0 Å². The van der Waals surface area contributed by atoms with E-state index in [0.717, 1.165) is 32.9 Å². The molecule has 0 fully saturated rings. The van der Waals surface area contributed by atoms with Crippen LogP contribution in [0.5, 0.6) is 11.5 Å². The zero-order chi connectivity index (χ0) is 32.2. The van der Waals surface area contributed by atoms with Gasteiger partial charge in [-0.1, -0.05) is 145 Å². The van der Waals surface area contributed by atoms with Gasteiger partial charge in [-0.05, 0) is 84.8 Å². The molecular weight excluding hydrogens is 645 g/mol. The van der Waals surface area contributed by atoms with Crippen LogP contribution in [0, 0.1) is 13.8 Å². The Balaban J connectivity index is 1.79. The number of benzene rings is 6. The Labute approximate surface area is 284 Å². The first-order valence-electron chi connectivity index (χ1n) is 15.0. The molecule has 6 heteroatoms. The lowest BCUT2D eigenvalue weighted by Crippen LogP contribution is -2.27. The summed E-state index contributed by atoms with van der Waals surface area (Å²) in [6.45, 7) is 4.09. The third kappa shape index (κ3) is 6.21. The number of ether oxygens (including phenoxy) is 2. The largest absolute Gasteiger partial charge is 0.495 e. The lowest BCUT2D eigenvalue weighted by atomic mass is 9.99. The molecule has 0 atom stereocenters. The molecule has 0 spiro atoms. The van der Waals surface area contributed by atoms with Gasteiger partial charge >= 0.3 is 0 Å². The lowest BCUT2D eigenvalue weighted by Gasteiger charge is -2.30. The van der Waals surface area contributed by atoms with Crippen molar-refractivity contribution in [2.24, 2.45) is 0 Å². The highest BCUT2D eigenvalue weighted by Gasteiger charge is 2.33. The molecule has 0 bridgehead atoms. The molecule has 0 amide bonds. The van der Waals surface area contributed by atoms with Crippen molar-refractivity contribution in [3.05, 3.63) is 155 Å². The second kappa shape index (κ2) is 14.4. The third-order valence-electron chi connectivity index (χ3n) is 7.96. The number of hydrogen-bond acceptors (Lipinski definition) is 2. The molecule has 6 aromatic rings. The highest BCUT2D eigenvalue weighted by molar-refractivity contribution is 7.80. The van der Waals surface area contributed by atoms with Gasteiger partial charge in [0.15, 0.2) is 0 Å². The smallest absolute Gasteiger partial charge is 0.146 e. The van der Waals surface area contributed by atoms with Gasteiger partial charge in [-0.25, -0.2) is 0 Å². The molecule has 0 saturated heterocycles. The van der Waals surface area contributed by atoms with E-state index in [1.807, 2.05) is 13.8 Å². The predicted octanol–water partition coefficient (Wildman–Crippen LogP) is 8.81. The molecule has 46 heavy (non-hydrogen) atoms. The van der Waals surface area contributed by atoms with Gasteiger partial charge in [-0.2, -0.15) is 0 Å². The molecule has 0 radical (unpaired) electrons. The topological polar surface area (TPSA) is 18.5 Å². The van der Waals surface area contributed by atoms with Gasteiger partial charge in [0.05, 0.1) is 24.3 Å². The van der Waals surface area contributed by atoms with Gasteiger partial charge < -0.3 is 9.47 Å². The third-order valence-corrected chi connectivity index (χ3v) is 13.8. The summed E-state index contributed by atoms with van der Waals surface area (Å²) < 4.78 is 12.6. The van der Waals surface area contributed by atoms with Crippen molar-refractivity contribution >= 4 is 70.9 Å². The number of methoxy groups -OCH3 is 2. The summed E-state index contributed by atoms with van der Waals surface area (Å²) in [6, 6.07) is 47.2. The maximum Gasteiger partial charge on any atom is 0.146 e. The van der Waals surface area contributed by atoms with Crippen LogP contribution in [0.1, 0.15) is 11.1 Å². The van der Waals surface area contributed by atoms with Gasteiger partial charge in [0.25, 0.3) is 0 Å². The molecule has 230 valence electrons. The highest BCUT2D eigenvalue weighted by atomic mass is 35.5. The van der Waals surface area contributed by atoms with Crippen LogP contribution in [0.2, 0.25) is 10.0 Å². The number of hydrogen-bond donors (Lipinski definition) is 0. The Hall–Kier alpha value is -3.64. The molecule has 6 aromatic carbocycles. The SMILES string of the molecule is COc1c(Cl)c(C)cc(P(c2ccccc2)c2ccccc2)c1-c1c(P(c2ccccc2)c2ccccc2)cc(C)c(Cl)c1OC. The molecule has 0 aromatic heterocycles. The van der Waals surface area contributed by atoms with E-state index in [1.165, 1.54) is 21.2 Å². The van der Waals surface area contributed by atoms with Crippen LogP contribution in [0.25, 0.3) is 11.1 Å². The number of halogens is 2. The predicted molar refractivity (Wildman–Crippen MR) is 202 cm³/mol. The minimum atomic E-state index is -1.05. The van der Waals surface area contributed by atoms with E-state index < -0.39 is 15.8 Å². The fourth-order valence-electron chi connectivity index (χ4n) is 5.87. The molecule has 0 heterocycles. The van der Waals surface area contributed by atoms with Crippen LogP contribution >= 0.6 is 39.0 Å². The van der Waals surface area contributed by atoms with Gasteiger partial charge in [-0.15, -0.1) is 0 Å². The van der Waals surface area contributed by atoms with Gasteiger partial charge in [0.1, 0.15) is 11.5 Å². The lowest BCUT2D eigenvalue weighted by molar-refractivity contribution is 0.411. The van der Waals surface area contributed by atoms with Crippen LogP contribution in [-0.2, 0) is 0 Å². The number of rotatable bonds is 9. The first kappa shape index (κ1) is 32.3. The van der Waals surface area contributed by atoms with Gasteiger partial charge in [0.2, 0.25) is 0 Å². The second-order valence-corrected chi connectivity index (χ2v) is 16.0. The fraction of sp³-hybridized carbons (Fsp3) is 0.100. The van der Waals surface area contributed by atoms with E-state index in [1.54, 1.807) is 14.2 Å². The van der Waals surface area contributed by atoms with Crippen molar-refractivity contribution in [3.8, 4) is 22.6 Å². The zero-order valence-electron chi connectivity index (χ0n) is 26.2. The minimum absolute atomic E-state index is 0.575. The van der Waals surface area contributed by atoms with E-state index >= 15 is 0 Å². The second-order valence-electron chi connectivity index (χ2n) is 10.9. The highest BCUT2D eigenvalue weighted by Crippen LogP contribution is 2.51. The first-order chi connectivity index (χ1) is 22.4. The monoisotopic (exact) mass is 678 g/mol. The average molecular weight is 680 g/mol. The molecule has 0 aliphatic rings. The van der Waals surface area contributed by atoms with E-state index in [4.69, 9.17) is 32.7 Å². The van der Waals surface area contributed by atoms with E-state index in [2.05, 4.69) is 133 Å². The summed E-state index contributed by atoms with van der Waals surface area (Å²) in [6.07, 6.45) is 0. The van der Waals surface area contributed by atoms with Crippen LogP contribution in [0.4, 0.5) is 0 Å². The normalized spacial score (nSPS) is 11.2. The summed E-state index contributed by atoms with van der Waals surface area (Å²) in [5.74, 6) is 1.23. The molecule has 0 aliphatic carbocycles. The maximum atomic E-state index is 7.16. The summed E-state index contributed by atoms with van der Waals surface area (Å²) in [5.41, 5.74) is 3.71. The van der Waals surface area contributed by atoms with Crippen molar-refractivity contribution in [1.29, 1.82) is 0 Å². The molecule has 0 saturated carbocycles. The van der Waals surface area contributed by atoms with Crippen LogP contribution in [0.3, 0.4) is 0 Å². The van der Waals surface area contributed by atoms with Gasteiger partial charge in [-0.3, -0.25) is 0 Å². The maximum absolute atomic E-state index is 7.16. The molecular formula is C40H34Cl2O2P2. The minimum Gasteiger partial charge on any atom is -0.495 e. The van der Waals surface area contributed by atoms with E-state index in [9.17, 15) is 0 Å². The zero-order valence-corrected chi connectivity index (χ0v) is 29.5. The van der Waals surface area contributed by atoms with Crippen molar-refractivity contribution in [2.75, 3.05) is 14.2 Å².